The monoisotopic (exact) mass is 1160 g/mol. The van der Waals surface area contributed by atoms with Crippen molar-refractivity contribution in [3.05, 3.63) is 11.6 Å². The lowest BCUT2D eigenvalue weighted by molar-refractivity contribution is -0.378. The van der Waals surface area contributed by atoms with Gasteiger partial charge in [-0.3, -0.25) is 9.59 Å². The molecule has 0 aromatic rings. The lowest BCUT2D eigenvalue weighted by atomic mass is 9.35. The molecule has 8 aliphatic rings. The van der Waals surface area contributed by atoms with Gasteiger partial charge in [0, 0.05) is 0 Å². The van der Waals surface area contributed by atoms with Crippen LogP contribution in [0, 0.1) is 45.3 Å². The van der Waals surface area contributed by atoms with Gasteiger partial charge in [0.05, 0.1) is 37.6 Å². The molecule has 4 aliphatic heterocycles. The second-order valence-electron chi connectivity index (χ2n) is 26.3. The molecule has 0 aromatic carbocycles. The minimum absolute atomic E-state index is 0.00537. The van der Waals surface area contributed by atoms with Gasteiger partial charge in [-0.05, 0) is 124 Å². The molecule has 4 aliphatic carbocycles. The Balaban J connectivity index is 0.998. The molecule has 25 heteroatoms. The van der Waals surface area contributed by atoms with Crippen molar-refractivity contribution in [3.8, 4) is 0 Å². The van der Waals surface area contributed by atoms with Crippen LogP contribution in [0.4, 0.5) is 0 Å². The highest BCUT2D eigenvalue weighted by atomic mass is 16.8. The van der Waals surface area contributed by atoms with Crippen molar-refractivity contribution >= 4 is 11.9 Å². The van der Waals surface area contributed by atoms with E-state index < -0.39 is 190 Å². The van der Waals surface area contributed by atoms with Crippen LogP contribution in [0.1, 0.15) is 120 Å². The molecule has 0 aromatic heterocycles. The van der Waals surface area contributed by atoms with Crippen LogP contribution in [0.3, 0.4) is 0 Å². The number of hydrogen-bond acceptors (Lipinski definition) is 24. The zero-order valence-corrected chi connectivity index (χ0v) is 47.7. The van der Waals surface area contributed by atoms with E-state index in [-0.39, 0.29) is 34.5 Å². The Morgan fingerprint density at radius 3 is 1.77 bits per heavy atom. The molecule has 4 saturated heterocycles. The molecular weight excluding hydrogens is 1070 g/mol. The maximum absolute atomic E-state index is 12.9. The molecule has 81 heavy (non-hydrogen) atoms. The largest absolute Gasteiger partial charge is 0.481 e. The number of carbonyl (C=O) groups excluding carboxylic acids is 1. The maximum Gasteiger partial charge on any atom is 0.317 e. The minimum Gasteiger partial charge on any atom is -0.481 e. The van der Waals surface area contributed by atoms with E-state index in [0.29, 0.717) is 38.5 Å². The van der Waals surface area contributed by atoms with E-state index in [2.05, 4.69) is 40.7 Å². The molecular formula is C56H92O25. The van der Waals surface area contributed by atoms with E-state index in [1.54, 1.807) is 0 Å². The highest BCUT2D eigenvalue weighted by Gasteiger charge is 2.72. The number of carbonyl (C=O) groups is 2. The van der Waals surface area contributed by atoms with Gasteiger partial charge >= 0.3 is 11.9 Å². The fraction of sp³-hybridized carbons (Fsp3) is 0.929. The van der Waals surface area contributed by atoms with E-state index in [1.807, 2.05) is 20.8 Å². The molecule has 29 atom stereocenters. The number of rotatable bonds is 19. The Kier molecular flexibility index (Phi) is 19.9. The molecule has 8 fully saturated rings. The number of carboxylic acid groups (broad SMARTS) is 1. The number of allylic oxidation sites excluding steroid dienone is 2. The van der Waals surface area contributed by atoms with Crippen LogP contribution < -0.4 is 0 Å². The van der Waals surface area contributed by atoms with Gasteiger partial charge in [-0.25, -0.2) is 0 Å². The molecule has 0 radical (unpaired) electrons. The molecule has 4 saturated carbocycles. The van der Waals surface area contributed by atoms with Gasteiger partial charge in [0.25, 0.3) is 0 Å². The van der Waals surface area contributed by atoms with E-state index in [4.69, 9.17) is 47.7 Å². The minimum atomic E-state index is -1.95. The Morgan fingerprint density at radius 2 is 1.15 bits per heavy atom. The van der Waals surface area contributed by atoms with E-state index >= 15 is 0 Å². The topological polar surface area (TPSA) is 400 Å². The molecule has 0 unspecified atom stereocenters. The van der Waals surface area contributed by atoms with Crippen LogP contribution in [0.2, 0.25) is 0 Å². The zero-order valence-electron chi connectivity index (χ0n) is 47.7. The average Bonchev–Trinajstić information content (AvgIpc) is 2.15. The lowest BCUT2D eigenvalue weighted by Gasteiger charge is -2.71. The van der Waals surface area contributed by atoms with Gasteiger partial charge in [0.1, 0.15) is 105 Å². The van der Waals surface area contributed by atoms with Crippen LogP contribution in [0.5, 0.6) is 0 Å². The average molecular weight is 1170 g/mol. The number of hydrogen-bond donors (Lipinski definition) is 14. The fourth-order valence-electron chi connectivity index (χ4n) is 16.4. The number of aliphatic carboxylic acids is 1. The number of fused-ring (bicyclic) bond motifs is 5. The number of ether oxygens (including phenoxy) is 9. The molecule has 0 bridgehead atoms. The molecule has 4 heterocycles. The first-order valence-electron chi connectivity index (χ1n) is 28.8. The highest BCUT2D eigenvalue weighted by molar-refractivity contribution is 5.90. The first-order valence-corrected chi connectivity index (χ1v) is 28.8. The molecule has 14 N–H and O–H groups in total. The van der Waals surface area contributed by atoms with E-state index in [9.17, 15) is 76.0 Å². The number of carboxylic acids is 1. The quantitative estimate of drug-likeness (QED) is 0.0302. The summed E-state index contributed by atoms with van der Waals surface area (Å²) in [6.45, 7) is 14.6. The second-order valence-corrected chi connectivity index (χ2v) is 26.3. The normalized spacial score (nSPS) is 49.4. The summed E-state index contributed by atoms with van der Waals surface area (Å²) in [5, 5.41) is 151. The maximum atomic E-state index is 12.9. The second kappa shape index (κ2) is 24.9. The molecule has 0 amide bonds. The molecule has 25 nitrogen and oxygen atoms in total. The van der Waals surface area contributed by atoms with E-state index in [1.165, 1.54) is 0 Å². The van der Waals surface area contributed by atoms with Crippen LogP contribution in [-0.2, 0) is 52.2 Å². The molecule has 0 spiro atoms. The summed E-state index contributed by atoms with van der Waals surface area (Å²) in [6, 6.07) is 0. The SMILES string of the molecule is CC(C)=CCC[C@](C)(O[C@@H]1O[C@H](CO[C@@H]2O[C@@H](CO)[C@H](O)[C@H]2O)[C@@H](O)[C@H](O)[C@H]1O)[C@H]1CC[C@]2(C)[C@@H]1[C@H](O)C[C@@H]1[C@@]3(C)CC[C@H](O[C@@H]4O[C@H](CO)[C@@H](O)[C@H](O)[C@H]4O[C@@H]4O[C@H](COC(=O)CC(=O)O)[C@@H](O)[C@H](O)[C@H]4O)C(C)(C)[C@@H]3CC[C@]12C. The number of aliphatic hydroxyl groups is 13. The van der Waals surface area contributed by atoms with Crippen molar-refractivity contribution < 1.29 is 124 Å². The zero-order chi connectivity index (χ0) is 59.6. The standard InChI is InChI=1S/C56H92O25/c1-24(2)10-9-14-56(8,81-50-46(72)42(68)40(66)30(78-50)23-74-48-44(70)38(64)28(21-58)75-48)25-11-16-55(7)36(25)26(59)18-32-53(5)15-13-33(52(3,4)31(53)12-17-54(32,55)6)79-51-47(43(69)37(63)27(20-57)76-51)80-49-45(71)41(67)39(65)29(77-49)22-73-35(62)19-34(60)61/h10,25-33,36-51,57-59,63-72H,9,11-23H2,1-8H3,(H,60,61)/t25-,26+,27+,28-,29+,30+,31-,32+,33-,36-,37+,38-,39+,40+,41-,42-,43-,44+,45+,46+,47+,48+,49-,50-,51-,53-,54+,55+,56-/m0/s1. The fourth-order valence-corrected chi connectivity index (χ4v) is 16.4. The van der Waals surface area contributed by atoms with Crippen LogP contribution in [0.15, 0.2) is 11.6 Å². The van der Waals surface area contributed by atoms with Crippen molar-refractivity contribution in [2.24, 2.45) is 45.3 Å². The summed E-state index contributed by atoms with van der Waals surface area (Å²) in [7, 11) is 0. The van der Waals surface area contributed by atoms with Gasteiger partial charge < -0.3 is 114 Å². The summed E-state index contributed by atoms with van der Waals surface area (Å²) in [5.74, 6) is -3.18. The van der Waals surface area contributed by atoms with Crippen LogP contribution in [-0.4, -0.2) is 244 Å². The van der Waals surface area contributed by atoms with Gasteiger partial charge in [0.2, 0.25) is 0 Å². The van der Waals surface area contributed by atoms with Crippen LogP contribution >= 0.6 is 0 Å². The summed E-state index contributed by atoms with van der Waals surface area (Å²) >= 11 is 0. The van der Waals surface area contributed by atoms with Gasteiger partial charge in [-0.1, -0.05) is 46.3 Å². The first-order chi connectivity index (χ1) is 37.9. The number of aliphatic hydroxyl groups excluding tert-OH is 13. The first kappa shape index (κ1) is 64.8. The Labute approximate surface area is 472 Å². The van der Waals surface area contributed by atoms with Crippen molar-refractivity contribution in [2.45, 2.75) is 254 Å². The summed E-state index contributed by atoms with van der Waals surface area (Å²) < 4.78 is 54.0. The summed E-state index contributed by atoms with van der Waals surface area (Å²) in [4.78, 5) is 23.0. The van der Waals surface area contributed by atoms with E-state index in [0.717, 1.165) is 24.8 Å². The third-order valence-electron chi connectivity index (χ3n) is 21.1. The van der Waals surface area contributed by atoms with Gasteiger partial charge in [-0.15, -0.1) is 0 Å². The van der Waals surface area contributed by atoms with Gasteiger partial charge in [0.15, 0.2) is 25.2 Å². The van der Waals surface area contributed by atoms with Crippen molar-refractivity contribution in [1.29, 1.82) is 0 Å². The van der Waals surface area contributed by atoms with Crippen molar-refractivity contribution in [3.63, 3.8) is 0 Å². The predicted molar refractivity (Wildman–Crippen MR) is 276 cm³/mol. The van der Waals surface area contributed by atoms with Gasteiger partial charge in [-0.2, -0.15) is 0 Å². The number of esters is 1. The third kappa shape index (κ3) is 12.0. The van der Waals surface area contributed by atoms with Crippen molar-refractivity contribution in [2.75, 3.05) is 26.4 Å². The Hall–Kier alpha value is -2.16. The summed E-state index contributed by atoms with van der Waals surface area (Å²) in [5.41, 5.74) is -1.72. The Bertz CT molecular complexity index is 2180. The van der Waals surface area contributed by atoms with Crippen LogP contribution in [0.25, 0.3) is 0 Å². The van der Waals surface area contributed by atoms with Crippen molar-refractivity contribution in [1.82, 2.24) is 0 Å². The third-order valence-corrected chi connectivity index (χ3v) is 21.1. The molecule has 8 rings (SSSR count). The Morgan fingerprint density at radius 1 is 0.605 bits per heavy atom. The molecule has 466 valence electrons. The summed E-state index contributed by atoms with van der Waals surface area (Å²) in [6.07, 6.45) is -25.1. The lowest BCUT2D eigenvalue weighted by Crippen LogP contribution is -2.68. The highest BCUT2D eigenvalue weighted by Crippen LogP contribution is 2.76. The smallest absolute Gasteiger partial charge is 0.317 e. The predicted octanol–water partition coefficient (Wildman–Crippen LogP) is -1.54.